The molecule has 2 rings (SSSR count). The molecule has 0 bridgehead atoms. The summed E-state index contributed by atoms with van der Waals surface area (Å²) in [4.78, 5) is 3.98. The van der Waals surface area contributed by atoms with Crippen LogP contribution in [0.5, 0.6) is 5.75 Å². The van der Waals surface area contributed by atoms with Gasteiger partial charge in [0, 0.05) is 23.9 Å². The highest BCUT2D eigenvalue weighted by Gasteiger charge is 2.04. The van der Waals surface area contributed by atoms with Crippen LogP contribution in [0.3, 0.4) is 0 Å². The standard InChI is InChI=1S/C10H11BrN4O/c1-15-8(2-3-14-15)6-16-9-4-7(11)5-13-10(9)12/h2-5H,6H2,1H3,(H2,12,13). The number of nitrogens with zero attached hydrogens (tertiary/aromatic N) is 3. The summed E-state index contributed by atoms with van der Waals surface area (Å²) in [5.41, 5.74) is 6.66. The Kier molecular flexibility index (Phi) is 3.09. The lowest BCUT2D eigenvalue weighted by atomic mass is 10.4. The molecule has 0 amide bonds. The fourth-order valence-corrected chi connectivity index (χ4v) is 1.55. The van der Waals surface area contributed by atoms with E-state index in [0.717, 1.165) is 10.2 Å². The van der Waals surface area contributed by atoms with Crippen LogP contribution in [0, 0.1) is 0 Å². The number of hydrogen-bond acceptors (Lipinski definition) is 4. The second-order valence-electron chi connectivity index (χ2n) is 3.27. The molecular weight excluding hydrogens is 272 g/mol. The Labute approximate surface area is 101 Å². The van der Waals surface area contributed by atoms with Crippen LogP contribution in [0.25, 0.3) is 0 Å². The Morgan fingerprint density at radius 2 is 2.38 bits per heavy atom. The lowest BCUT2D eigenvalue weighted by molar-refractivity contribution is 0.295. The Morgan fingerprint density at radius 1 is 1.56 bits per heavy atom. The maximum Gasteiger partial charge on any atom is 0.166 e. The number of nitrogen functional groups attached to an aromatic ring is 1. The molecule has 6 heteroatoms. The van der Waals surface area contributed by atoms with Crippen molar-refractivity contribution in [1.82, 2.24) is 14.8 Å². The van der Waals surface area contributed by atoms with Gasteiger partial charge < -0.3 is 10.5 Å². The van der Waals surface area contributed by atoms with E-state index in [1.807, 2.05) is 13.1 Å². The zero-order valence-electron chi connectivity index (χ0n) is 8.72. The van der Waals surface area contributed by atoms with Crippen LogP contribution >= 0.6 is 15.9 Å². The largest absolute Gasteiger partial charge is 0.483 e. The molecule has 0 radical (unpaired) electrons. The molecule has 84 valence electrons. The van der Waals surface area contributed by atoms with Crippen molar-refractivity contribution in [3.05, 3.63) is 34.7 Å². The van der Waals surface area contributed by atoms with Crippen LogP contribution in [0.15, 0.2) is 29.0 Å². The van der Waals surface area contributed by atoms with Crippen molar-refractivity contribution in [2.75, 3.05) is 5.73 Å². The van der Waals surface area contributed by atoms with Crippen molar-refractivity contribution >= 4 is 21.7 Å². The van der Waals surface area contributed by atoms with E-state index in [1.165, 1.54) is 0 Å². The van der Waals surface area contributed by atoms with Gasteiger partial charge in [0.1, 0.15) is 6.61 Å². The second-order valence-corrected chi connectivity index (χ2v) is 4.19. The van der Waals surface area contributed by atoms with E-state index in [1.54, 1.807) is 23.1 Å². The first kappa shape index (κ1) is 10.9. The summed E-state index contributed by atoms with van der Waals surface area (Å²) in [6, 6.07) is 3.68. The summed E-state index contributed by atoms with van der Waals surface area (Å²) < 4.78 is 8.15. The fourth-order valence-electron chi connectivity index (χ4n) is 1.24. The van der Waals surface area contributed by atoms with Crippen LogP contribution in [0.1, 0.15) is 5.69 Å². The highest BCUT2D eigenvalue weighted by Crippen LogP contribution is 2.23. The Balaban J connectivity index is 2.10. The molecule has 2 aromatic rings. The van der Waals surface area contributed by atoms with Crippen LogP contribution < -0.4 is 10.5 Å². The fraction of sp³-hybridized carbons (Fsp3) is 0.200. The zero-order valence-corrected chi connectivity index (χ0v) is 10.3. The lowest BCUT2D eigenvalue weighted by Crippen LogP contribution is -2.05. The van der Waals surface area contributed by atoms with E-state index in [-0.39, 0.29) is 0 Å². The van der Waals surface area contributed by atoms with E-state index in [0.29, 0.717) is 18.2 Å². The lowest BCUT2D eigenvalue weighted by Gasteiger charge is -2.08. The molecule has 0 aromatic carbocycles. The Hall–Kier alpha value is -1.56. The minimum Gasteiger partial charge on any atom is -0.483 e. The molecule has 0 atom stereocenters. The van der Waals surface area contributed by atoms with Gasteiger partial charge in [0.05, 0.1) is 5.69 Å². The Morgan fingerprint density at radius 3 is 3.06 bits per heavy atom. The van der Waals surface area contributed by atoms with Crippen molar-refractivity contribution in [1.29, 1.82) is 0 Å². The zero-order chi connectivity index (χ0) is 11.5. The summed E-state index contributed by atoms with van der Waals surface area (Å²) in [6.07, 6.45) is 3.35. The summed E-state index contributed by atoms with van der Waals surface area (Å²) in [5.74, 6) is 0.945. The first-order valence-corrected chi connectivity index (χ1v) is 5.47. The number of pyridine rings is 1. The Bertz CT molecular complexity index is 497. The van der Waals surface area contributed by atoms with Crippen molar-refractivity contribution in [2.45, 2.75) is 6.61 Å². The summed E-state index contributed by atoms with van der Waals surface area (Å²) in [7, 11) is 1.86. The molecule has 0 aliphatic carbocycles. The van der Waals surface area contributed by atoms with Crippen molar-refractivity contribution in [3.63, 3.8) is 0 Å². The van der Waals surface area contributed by atoms with E-state index in [4.69, 9.17) is 10.5 Å². The quantitative estimate of drug-likeness (QED) is 0.931. The van der Waals surface area contributed by atoms with Crippen molar-refractivity contribution < 1.29 is 4.74 Å². The number of nitrogens with two attached hydrogens (primary N) is 1. The van der Waals surface area contributed by atoms with Crippen molar-refractivity contribution in [3.8, 4) is 5.75 Å². The van der Waals surface area contributed by atoms with Crippen molar-refractivity contribution in [2.24, 2.45) is 7.05 Å². The second kappa shape index (κ2) is 4.52. The average molecular weight is 283 g/mol. The first-order chi connectivity index (χ1) is 7.66. The molecule has 0 spiro atoms. The molecule has 2 heterocycles. The number of rotatable bonds is 3. The van der Waals surface area contributed by atoms with Crippen LogP contribution in [-0.2, 0) is 13.7 Å². The van der Waals surface area contributed by atoms with Gasteiger partial charge in [-0.15, -0.1) is 0 Å². The summed E-state index contributed by atoms with van der Waals surface area (Å²) in [5, 5.41) is 4.05. The van der Waals surface area contributed by atoms with Gasteiger partial charge in [-0.3, -0.25) is 4.68 Å². The van der Waals surface area contributed by atoms with Gasteiger partial charge in [0.15, 0.2) is 11.6 Å². The predicted molar refractivity (Wildman–Crippen MR) is 63.9 cm³/mol. The monoisotopic (exact) mass is 282 g/mol. The van der Waals surface area contributed by atoms with Gasteiger partial charge in [-0.1, -0.05) is 0 Å². The normalized spacial score (nSPS) is 10.4. The molecule has 0 aliphatic heterocycles. The first-order valence-electron chi connectivity index (χ1n) is 4.67. The molecule has 16 heavy (non-hydrogen) atoms. The van der Waals surface area contributed by atoms with Crippen LogP contribution in [0.4, 0.5) is 5.82 Å². The molecule has 0 unspecified atom stereocenters. The summed E-state index contributed by atoms with van der Waals surface area (Å²) >= 11 is 3.31. The van der Waals surface area contributed by atoms with Crippen LogP contribution in [-0.4, -0.2) is 14.8 Å². The molecule has 0 saturated heterocycles. The highest BCUT2D eigenvalue weighted by molar-refractivity contribution is 9.10. The predicted octanol–water partition coefficient (Wildman–Crippen LogP) is 1.74. The topological polar surface area (TPSA) is 66.0 Å². The molecule has 5 nitrogen and oxygen atoms in total. The molecule has 2 aromatic heterocycles. The highest BCUT2D eigenvalue weighted by atomic mass is 79.9. The molecule has 2 N–H and O–H groups in total. The SMILES string of the molecule is Cn1nccc1COc1cc(Br)cnc1N. The maximum atomic E-state index is 5.69. The average Bonchev–Trinajstić information content (AvgIpc) is 2.66. The minimum absolute atomic E-state index is 0.380. The minimum atomic E-state index is 0.380. The number of aryl methyl sites for hydroxylation is 1. The molecule has 0 fully saturated rings. The molecule has 0 aliphatic rings. The summed E-state index contributed by atoms with van der Waals surface area (Å²) in [6.45, 7) is 0.416. The third-order valence-electron chi connectivity index (χ3n) is 2.15. The number of anilines is 1. The van der Waals surface area contributed by atoms with Crippen LogP contribution in [0.2, 0.25) is 0 Å². The third kappa shape index (κ3) is 2.33. The number of halogens is 1. The van der Waals surface area contributed by atoms with E-state index in [9.17, 15) is 0 Å². The molecular formula is C10H11BrN4O. The smallest absolute Gasteiger partial charge is 0.166 e. The molecule has 0 saturated carbocycles. The maximum absolute atomic E-state index is 5.69. The number of ether oxygens (including phenoxy) is 1. The van der Waals surface area contributed by atoms with Gasteiger partial charge in [0.2, 0.25) is 0 Å². The van der Waals surface area contributed by atoms with Gasteiger partial charge in [0.25, 0.3) is 0 Å². The van der Waals surface area contributed by atoms with Gasteiger partial charge in [-0.25, -0.2) is 4.98 Å². The van der Waals surface area contributed by atoms with E-state index >= 15 is 0 Å². The van der Waals surface area contributed by atoms with Gasteiger partial charge in [-0.2, -0.15) is 5.10 Å². The number of aromatic nitrogens is 3. The van der Waals surface area contributed by atoms with Gasteiger partial charge >= 0.3 is 0 Å². The van der Waals surface area contributed by atoms with E-state index in [2.05, 4.69) is 26.0 Å². The van der Waals surface area contributed by atoms with Gasteiger partial charge in [-0.05, 0) is 28.1 Å². The number of hydrogen-bond donors (Lipinski definition) is 1. The third-order valence-corrected chi connectivity index (χ3v) is 2.58. The van der Waals surface area contributed by atoms with E-state index < -0.39 is 0 Å².